The van der Waals surface area contributed by atoms with Crippen LogP contribution in [-0.2, 0) is 32.9 Å². The molecule has 1 radical (unpaired) electrons. The summed E-state index contributed by atoms with van der Waals surface area (Å²) in [6, 6.07) is 42.2. The van der Waals surface area contributed by atoms with E-state index in [1.165, 1.54) is 22.3 Å². The maximum atomic E-state index is 6.45. The average Bonchev–Trinajstić information content (AvgIpc) is 3.51. The first-order valence-electron chi connectivity index (χ1n) is 18.0. The number of rotatable bonds is 5. The molecule has 4 aromatic carbocycles. The molecule has 0 unspecified atom stereocenters. The summed E-state index contributed by atoms with van der Waals surface area (Å²) >= 11 is 0. The normalized spacial score (nSPS) is 11.7. The fourth-order valence-electron chi connectivity index (χ4n) is 6.78. The molecule has 0 fully saturated rings. The maximum Gasteiger partial charge on any atom is 0.128 e. The first kappa shape index (κ1) is 37.8. The summed E-state index contributed by atoms with van der Waals surface area (Å²) in [5, 5.41) is 4.37. The van der Waals surface area contributed by atoms with Crippen molar-refractivity contribution < 1.29 is 24.5 Å². The SMILES string of the molecule is CC(C)(C)Cc1ccc(-c2ccnc(-c3[c-]cccc3)c2)cc1.Cc1cc2c(ccc3c4cc[c-]c(-c5cc(CC(C)(C)C)ccn5)c4oc23)cn1.[Ir]. The van der Waals surface area contributed by atoms with Crippen molar-refractivity contribution in [2.75, 3.05) is 0 Å². The number of hydrogen-bond acceptors (Lipinski definition) is 4. The van der Waals surface area contributed by atoms with Crippen LogP contribution < -0.4 is 0 Å². The number of benzene rings is 4. The Hall–Kier alpha value is -4.96. The first-order valence-corrected chi connectivity index (χ1v) is 18.0. The molecule has 0 atom stereocenters. The number of pyridine rings is 3. The van der Waals surface area contributed by atoms with Crippen LogP contribution in [-0.4, -0.2) is 15.0 Å². The van der Waals surface area contributed by atoms with Crippen molar-refractivity contribution in [3.8, 4) is 33.6 Å². The second kappa shape index (κ2) is 15.6. The topological polar surface area (TPSA) is 51.8 Å². The Morgan fingerprint density at radius 3 is 2.04 bits per heavy atom. The minimum absolute atomic E-state index is 0. The van der Waals surface area contributed by atoms with Gasteiger partial charge in [0.2, 0.25) is 0 Å². The van der Waals surface area contributed by atoms with Crippen LogP contribution in [0.15, 0.2) is 126 Å². The third-order valence-corrected chi connectivity index (χ3v) is 9.02. The molecule has 0 saturated carbocycles. The predicted molar refractivity (Wildman–Crippen MR) is 216 cm³/mol. The van der Waals surface area contributed by atoms with E-state index in [-0.39, 0.29) is 25.5 Å². The van der Waals surface area contributed by atoms with E-state index < -0.39 is 0 Å². The number of hydrogen-bond donors (Lipinski definition) is 0. The summed E-state index contributed by atoms with van der Waals surface area (Å²) in [7, 11) is 0. The molecule has 4 aromatic heterocycles. The molecule has 269 valence electrons. The van der Waals surface area contributed by atoms with Gasteiger partial charge in [0.25, 0.3) is 0 Å². The van der Waals surface area contributed by atoms with Gasteiger partial charge in [-0.2, -0.15) is 0 Å². The van der Waals surface area contributed by atoms with Crippen LogP contribution >= 0.6 is 0 Å². The van der Waals surface area contributed by atoms with Crippen LogP contribution in [0.2, 0.25) is 0 Å². The fourth-order valence-corrected chi connectivity index (χ4v) is 6.78. The second-order valence-electron chi connectivity index (χ2n) is 16.1. The van der Waals surface area contributed by atoms with E-state index in [0.29, 0.717) is 5.41 Å². The summed E-state index contributed by atoms with van der Waals surface area (Å²) < 4.78 is 6.45. The zero-order valence-electron chi connectivity index (χ0n) is 31.5. The van der Waals surface area contributed by atoms with Gasteiger partial charge in [-0.25, -0.2) is 0 Å². The number of furan rings is 1. The molecule has 8 rings (SSSR count). The van der Waals surface area contributed by atoms with Gasteiger partial charge in [0, 0.05) is 60.5 Å². The van der Waals surface area contributed by atoms with E-state index >= 15 is 0 Å². The maximum absolute atomic E-state index is 6.45. The smallest absolute Gasteiger partial charge is 0.128 e. The third-order valence-electron chi connectivity index (χ3n) is 9.02. The Bertz CT molecular complexity index is 2490. The molecule has 0 spiro atoms. The molecule has 4 heterocycles. The Kier molecular flexibility index (Phi) is 11.1. The van der Waals surface area contributed by atoms with E-state index in [2.05, 4.69) is 141 Å². The molecule has 4 nitrogen and oxygen atoms in total. The summed E-state index contributed by atoms with van der Waals surface area (Å²) in [5.74, 6) is 0. The summed E-state index contributed by atoms with van der Waals surface area (Å²) in [6.07, 6.45) is 7.75. The quantitative estimate of drug-likeness (QED) is 0.162. The minimum atomic E-state index is 0. The van der Waals surface area contributed by atoms with E-state index in [9.17, 15) is 0 Å². The second-order valence-corrected chi connectivity index (χ2v) is 16.1. The zero-order valence-corrected chi connectivity index (χ0v) is 33.9. The van der Waals surface area contributed by atoms with Crippen molar-refractivity contribution in [3.05, 3.63) is 151 Å². The van der Waals surface area contributed by atoms with Gasteiger partial charge in [-0.05, 0) is 76.9 Å². The summed E-state index contributed by atoms with van der Waals surface area (Å²) in [4.78, 5) is 13.5. The molecule has 0 saturated heterocycles. The molecular formula is C48H45IrN3O-2. The third kappa shape index (κ3) is 8.99. The Morgan fingerprint density at radius 1 is 0.585 bits per heavy atom. The van der Waals surface area contributed by atoms with Gasteiger partial charge in [0.05, 0.1) is 5.58 Å². The van der Waals surface area contributed by atoms with E-state index in [4.69, 9.17) is 4.42 Å². The molecular weight excluding hydrogens is 827 g/mol. The van der Waals surface area contributed by atoms with Crippen LogP contribution in [0.1, 0.15) is 58.4 Å². The Balaban J connectivity index is 0.000000183. The standard InChI is InChI=1S/C26H23N2O.C22H22N.Ir/c1-16-12-22-18(15-28-16)8-9-20-19-6-5-7-21(24(19)29-25(20)22)23-13-17(10-11-27-23)14-26(2,3)4;1-22(2,3)16-17-9-11-18(12-10-17)20-13-14-23-21(15-20)19-7-5-4-6-8-19;/h5-6,8-13,15H,14H2,1-4H3;4-7,9-15H,16H2,1-3H3;/q2*-1;. The van der Waals surface area contributed by atoms with Crippen molar-refractivity contribution in [1.82, 2.24) is 15.0 Å². The van der Waals surface area contributed by atoms with Gasteiger partial charge < -0.3 is 14.4 Å². The predicted octanol–water partition coefficient (Wildman–Crippen LogP) is 12.7. The Labute approximate surface area is 327 Å². The number of aromatic nitrogens is 3. The molecule has 0 aliphatic heterocycles. The van der Waals surface area contributed by atoms with Crippen molar-refractivity contribution >= 4 is 32.7 Å². The molecule has 8 aromatic rings. The van der Waals surface area contributed by atoms with Crippen LogP contribution in [0.3, 0.4) is 0 Å². The fraction of sp³-hybridized carbons (Fsp3) is 0.229. The zero-order chi connectivity index (χ0) is 36.5. The molecule has 0 amide bonds. The van der Waals surface area contributed by atoms with Crippen molar-refractivity contribution in [2.45, 2.75) is 61.3 Å². The first-order chi connectivity index (χ1) is 24.9. The molecule has 5 heteroatoms. The van der Waals surface area contributed by atoms with Gasteiger partial charge in [-0.1, -0.05) is 107 Å². The van der Waals surface area contributed by atoms with Crippen LogP contribution in [0.5, 0.6) is 0 Å². The average molecular weight is 872 g/mol. The summed E-state index contributed by atoms with van der Waals surface area (Å²) in [5.41, 5.74) is 12.1. The molecule has 0 aliphatic carbocycles. The largest absolute Gasteiger partial charge is 0.500 e. The van der Waals surface area contributed by atoms with Crippen LogP contribution in [0.25, 0.3) is 66.4 Å². The van der Waals surface area contributed by atoms with Crippen molar-refractivity contribution in [1.29, 1.82) is 0 Å². The Morgan fingerprint density at radius 2 is 1.30 bits per heavy atom. The molecule has 0 aliphatic rings. The summed E-state index contributed by atoms with van der Waals surface area (Å²) in [6.45, 7) is 15.6. The number of aryl methyl sites for hydroxylation is 1. The van der Waals surface area contributed by atoms with Gasteiger partial charge in [0.1, 0.15) is 5.58 Å². The minimum Gasteiger partial charge on any atom is -0.500 e. The monoisotopic (exact) mass is 872 g/mol. The van der Waals surface area contributed by atoms with Gasteiger partial charge in [-0.15, -0.1) is 54.1 Å². The number of nitrogens with zero attached hydrogens (tertiary/aromatic N) is 3. The van der Waals surface area contributed by atoms with Gasteiger partial charge >= 0.3 is 0 Å². The van der Waals surface area contributed by atoms with Crippen LogP contribution in [0, 0.1) is 29.9 Å². The van der Waals surface area contributed by atoms with Gasteiger partial charge in [-0.3, -0.25) is 4.98 Å². The van der Waals surface area contributed by atoms with E-state index in [1.54, 1.807) is 0 Å². The van der Waals surface area contributed by atoms with E-state index in [1.807, 2.05) is 55.8 Å². The number of fused-ring (bicyclic) bond motifs is 5. The molecule has 53 heavy (non-hydrogen) atoms. The van der Waals surface area contributed by atoms with E-state index in [0.717, 1.165) is 73.8 Å². The van der Waals surface area contributed by atoms with Crippen molar-refractivity contribution in [3.63, 3.8) is 0 Å². The molecule has 0 N–H and O–H groups in total. The van der Waals surface area contributed by atoms with Crippen LogP contribution in [0.4, 0.5) is 0 Å². The van der Waals surface area contributed by atoms with Crippen molar-refractivity contribution in [2.24, 2.45) is 10.8 Å². The van der Waals surface area contributed by atoms with Gasteiger partial charge in [0.15, 0.2) is 0 Å². The molecule has 0 bridgehead atoms.